The van der Waals surface area contributed by atoms with Gasteiger partial charge in [0.05, 0.1) is 0 Å². The topological polar surface area (TPSA) is 37.3 Å². The van der Waals surface area contributed by atoms with Crippen LogP contribution < -0.4 is 0 Å². The zero-order valence-corrected chi connectivity index (χ0v) is 7.46. The smallest absolute Gasteiger partial charge is 0.303 e. The highest BCUT2D eigenvalue weighted by molar-refractivity contribution is 5.66. The lowest BCUT2D eigenvalue weighted by Gasteiger charge is -2.01. The minimum Gasteiger partial charge on any atom is -0.481 e. The minimum atomic E-state index is -0.929. The number of halogens is 2. The fraction of sp³-hybridized carbons (Fsp3) is 0.300. The number of aryl methyl sites for hydroxylation is 1. The number of hydrogen-bond acceptors (Lipinski definition) is 1. The van der Waals surface area contributed by atoms with E-state index in [0.29, 0.717) is 6.42 Å². The van der Waals surface area contributed by atoms with Gasteiger partial charge in [-0.3, -0.25) is 4.79 Å². The number of benzene rings is 1. The molecule has 1 aromatic carbocycles. The molecule has 0 heterocycles. The lowest BCUT2D eigenvalue weighted by molar-refractivity contribution is -0.137. The first-order valence-corrected chi connectivity index (χ1v) is 4.25. The van der Waals surface area contributed by atoms with E-state index in [-0.39, 0.29) is 18.4 Å². The van der Waals surface area contributed by atoms with Crippen LogP contribution in [0.3, 0.4) is 0 Å². The van der Waals surface area contributed by atoms with Gasteiger partial charge in [0, 0.05) is 6.42 Å². The molecular weight excluding hydrogens is 190 g/mol. The average Bonchev–Trinajstić information content (AvgIpc) is 2.10. The molecule has 0 saturated heterocycles. The van der Waals surface area contributed by atoms with E-state index in [9.17, 15) is 13.6 Å². The summed E-state index contributed by atoms with van der Waals surface area (Å²) in [5, 5.41) is 8.35. The molecule has 0 aromatic heterocycles. The number of carboxylic acids is 1. The van der Waals surface area contributed by atoms with Gasteiger partial charge in [-0.05, 0) is 36.6 Å². The van der Waals surface area contributed by atoms with E-state index in [1.807, 2.05) is 0 Å². The second kappa shape index (κ2) is 4.69. The maximum atomic E-state index is 13.0. The van der Waals surface area contributed by atoms with Gasteiger partial charge in [-0.25, -0.2) is 8.78 Å². The van der Waals surface area contributed by atoms with E-state index in [1.54, 1.807) is 0 Å². The quantitative estimate of drug-likeness (QED) is 0.810. The van der Waals surface area contributed by atoms with Gasteiger partial charge in [0.25, 0.3) is 0 Å². The molecule has 0 amide bonds. The molecule has 0 fully saturated rings. The number of hydrogen-bond donors (Lipinski definition) is 1. The van der Waals surface area contributed by atoms with Crippen molar-refractivity contribution in [3.63, 3.8) is 0 Å². The molecule has 0 unspecified atom stereocenters. The van der Waals surface area contributed by atoms with Crippen LogP contribution in [0.1, 0.15) is 18.4 Å². The Morgan fingerprint density at radius 3 is 2.71 bits per heavy atom. The van der Waals surface area contributed by atoms with Crippen molar-refractivity contribution in [2.24, 2.45) is 0 Å². The first kappa shape index (κ1) is 10.6. The van der Waals surface area contributed by atoms with E-state index in [0.717, 1.165) is 18.2 Å². The predicted octanol–water partition coefficient (Wildman–Crippen LogP) is 2.37. The van der Waals surface area contributed by atoms with Gasteiger partial charge in [-0.15, -0.1) is 0 Å². The van der Waals surface area contributed by atoms with Crippen LogP contribution in [-0.4, -0.2) is 11.1 Å². The van der Waals surface area contributed by atoms with Gasteiger partial charge in [0.1, 0.15) is 11.6 Å². The highest BCUT2D eigenvalue weighted by Crippen LogP contribution is 2.12. The zero-order valence-electron chi connectivity index (χ0n) is 7.46. The van der Waals surface area contributed by atoms with Crippen molar-refractivity contribution in [3.8, 4) is 0 Å². The third kappa shape index (κ3) is 3.12. The Morgan fingerprint density at radius 1 is 1.36 bits per heavy atom. The van der Waals surface area contributed by atoms with Crippen LogP contribution in [0.15, 0.2) is 18.2 Å². The number of carbonyl (C=O) groups is 1. The summed E-state index contributed by atoms with van der Waals surface area (Å²) in [6, 6.07) is 3.18. The van der Waals surface area contributed by atoms with Gasteiger partial charge < -0.3 is 5.11 Å². The molecule has 0 saturated carbocycles. The van der Waals surface area contributed by atoms with E-state index in [1.165, 1.54) is 0 Å². The van der Waals surface area contributed by atoms with Gasteiger partial charge in [0.2, 0.25) is 0 Å². The molecule has 0 bridgehead atoms. The Morgan fingerprint density at radius 2 is 2.07 bits per heavy atom. The van der Waals surface area contributed by atoms with Crippen LogP contribution in [0.25, 0.3) is 0 Å². The number of aliphatic carboxylic acids is 1. The van der Waals surface area contributed by atoms with Gasteiger partial charge >= 0.3 is 5.97 Å². The molecule has 0 aliphatic heterocycles. The summed E-state index contributed by atoms with van der Waals surface area (Å²) < 4.78 is 25.6. The highest BCUT2D eigenvalue weighted by atomic mass is 19.1. The predicted molar refractivity (Wildman–Crippen MR) is 46.9 cm³/mol. The van der Waals surface area contributed by atoms with E-state index in [4.69, 9.17) is 5.11 Å². The van der Waals surface area contributed by atoms with Crippen molar-refractivity contribution in [3.05, 3.63) is 35.4 Å². The third-order valence-electron chi connectivity index (χ3n) is 1.84. The Hall–Kier alpha value is -1.45. The van der Waals surface area contributed by atoms with E-state index in [2.05, 4.69) is 0 Å². The van der Waals surface area contributed by atoms with Crippen molar-refractivity contribution in [1.82, 2.24) is 0 Å². The Kier molecular flexibility index (Phi) is 3.56. The standard InChI is InChI=1S/C10H10F2O2/c11-8-4-5-9(12)7(6-8)2-1-3-10(13)14/h4-6H,1-3H2,(H,13,14). The summed E-state index contributed by atoms with van der Waals surface area (Å²) in [7, 11) is 0. The summed E-state index contributed by atoms with van der Waals surface area (Å²) >= 11 is 0. The normalized spacial score (nSPS) is 10.1. The summed E-state index contributed by atoms with van der Waals surface area (Å²) in [6.07, 6.45) is 0.529. The molecule has 1 rings (SSSR count). The van der Waals surface area contributed by atoms with Crippen molar-refractivity contribution < 1.29 is 18.7 Å². The molecule has 2 nitrogen and oxygen atoms in total. The van der Waals surface area contributed by atoms with E-state index >= 15 is 0 Å². The minimum absolute atomic E-state index is 0.0318. The maximum absolute atomic E-state index is 13.0. The molecule has 0 aliphatic rings. The molecule has 4 heteroatoms. The van der Waals surface area contributed by atoms with Gasteiger partial charge in [0.15, 0.2) is 0 Å². The Bertz CT molecular complexity index is 337. The van der Waals surface area contributed by atoms with Crippen molar-refractivity contribution in [2.45, 2.75) is 19.3 Å². The molecule has 76 valence electrons. The average molecular weight is 200 g/mol. The second-order valence-corrected chi connectivity index (χ2v) is 2.98. The van der Waals surface area contributed by atoms with Gasteiger partial charge in [-0.2, -0.15) is 0 Å². The van der Waals surface area contributed by atoms with Crippen molar-refractivity contribution in [2.75, 3.05) is 0 Å². The summed E-state index contributed by atoms with van der Waals surface area (Å²) in [4.78, 5) is 10.2. The largest absolute Gasteiger partial charge is 0.481 e. The fourth-order valence-electron chi connectivity index (χ4n) is 1.16. The number of rotatable bonds is 4. The van der Waals surface area contributed by atoms with Crippen molar-refractivity contribution >= 4 is 5.97 Å². The van der Waals surface area contributed by atoms with Crippen LogP contribution in [0.4, 0.5) is 8.78 Å². The first-order chi connectivity index (χ1) is 6.59. The fourth-order valence-corrected chi connectivity index (χ4v) is 1.16. The van der Waals surface area contributed by atoms with Crippen LogP contribution >= 0.6 is 0 Å². The molecule has 0 atom stereocenters. The van der Waals surface area contributed by atoms with E-state index < -0.39 is 17.6 Å². The first-order valence-electron chi connectivity index (χ1n) is 4.25. The summed E-state index contributed by atoms with van der Waals surface area (Å²) in [5.74, 6) is -1.92. The van der Waals surface area contributed by atoms with Crippen molar-refractivity contribution in [1.29, 1.82) is 0 Å². The van der Waals surface area contributed by atoms with Crippen LogP contribution in [0, 0.1) is 11.6 Å². The Balaban J connectivity index is 2.57. The molecule has 1 N–H and O–H groups in total. The molecular formula is C10H10F2O2. The zero-order chi connectivity index (χ0) is 10.6. The van der Waals surface area contributed by atoms with Crippen LogP contribution in [0.5, 0.6) is 0 Å². The molecule has 0 aliphatic carbocycles. The number of carboxylic acid groups (broad SMARTS) is 1. The lowest BCUT2D eigenvalue weighted by atomic mass is 10.1. The maximum Gasteiger partial charge on any atom is 0.303 e. The van der Waals surface area contributed by atoms with Crippen LogP contribution in [-0.2, 0) is 11.2 Å². The monoisotopic (exact) mass is 200 g/mol. The SMILES string of the molecule is O=C(O)CCCc1cc(F)ccc1F. The molecule has 0 spiro atoms. The lowest BCUT2D eigenvalue weighted by Crippen LogP contribution is -1.98. The highest BCUT2D eigenvalue weighted by Gasteiger charge is 2.04. The Labute approximate surface area is 80.2 Å². The summed E-state index contributed by atoms with van der Waals surface area (Å²) in [5.41, 5.74) is 0.228. The molecule has 1 aromatic rings. The van der Waals surface area contributed by atoms with Gasteiger partial charge in [-0.1, -0.05) is 0 Å². The summed E-state index contributed by atoms with van der Waals surface area (Å²) in [6.45, 7) is 0. The molecule has 14 heavy (non-hydrogen) atoms. The second-order valence-electron chi connectivity index (χ2n) is 2.98. The molecule has 0 radical (unpaired) electrons. The third-order valence-corrected chi connectivity index (χ3v) is 1.84. The van der Waals surface area contributed by atoms with Crippen LogP contribution in [0.2, 0.25) is 0 Å².